The Morgan fingerprint density at radius 2 is 2.08 bits per heavy atom. The van der Waals surface area contributed by atoms with E-state index in [0.717, 1.165) is 3.97 Å². The summed E-state index contributed by atoms with van der Waals surface area (Å²) in [6.07, 6.45) is 2.73. The summed E-state index contributed by atoms with van der Waals surface area (Å²) in [6.45, 7) is 3.14. The van der Waals surface area contributed by atoms with Crippen LogP contribution in [0.3, 0.4) is 0 Å². The molecule has 0 saturated carbocycles. The molecule has 0 unspecified atom stereocenters. The van der Waals surface area contributed by atoms with Crippen molar-refractivity contribution in [2.45, 2.75) is 19.1 Å². The number of fused-ring (bicyclic) bond motifs is 1. The molecule has 0 fully saturated rings. The molecule has 3 rings (SSSR count). The van der Waals surface area contributed by atoms with Gasteiger partial charge in [0.15, 0.2) is 0 Å². The number of nitrogens with two attached hydrogens (primary N) is 1. The summed E-state index contributed by atoms with van der Waals surface area (Å²) in [7, 11) is -3.63. The van der Waals surface area contributed by atoms with E-state index >= 15 is 0 Å². The van der Waals surface area contributed by atoms with E-state index in [0.29, 0.717) is 22.3 Å². The van der Waals surface area contributed by atoms with Crippen LogP contribution in [0.4, 0.5) is 11.6 Å². The fourth-order valence-electron chi connectivity index (χ4n) is 2.23. The fraction of sp³-hybridized carbons (Fsp3) is 0.200. The number of benzene rings is 1. The summed E-state index contributed by atoms with van der Waals surface area (Å²) in [5.74, 6) is -0.456. The lowest BCUT2D eigenvalue weighted by Gasteiger charge is -2.11. The number of amides is 1. The van der Waals surface area contributed by atoms with Crippen LogP contribution in [0.2, 0.25) is 0 Å². The largest absolute Gasteiger partial charge is 0.472 e. The number of furan rings is 1. The van der Waals surface area contributed by atoms with Crippen LogP contribution in [0.5, 0.6) is 0 Å². The van der Waals surface area contributed by atoms with Crippen LogP contribution in [0.1, 0.15) is 24.2 Å². The number of hydrogen-bond acceptors (Lipinski definition) is 6. The van der Waals surface area contributed by atoms with Crippen LogP contribution in [-0.4, -0.2) is 28.5 Å². The van der Waals surface area contributed by atoms with Crippen molar-refractivity contribution in [3.8, 4) is 0 Å². The molecular formula is C15H16N4O4S. The number of rotatable bonds is 4. The molecule has 2 aromatic heterocycles. The molecule has 0 aliphatic carbocycles. The van der Waals surface area contributed by atoms with Crippen molar-refractivity contribution < 1.29 is 17.6 Å². The Morgan fingerprint density at radius 3 is 2.71 bits per heavy atom. The van der Waals surface area contributed by atoms with Gasteiger partial charge < -0.3 is 15.5 Å². The van der Waals surface area contributed by atoms with Crippen LogP contribution in [-0.2, 0) is 10.0 Å². The number of carbonyl (C=O) groups excluding carboxylic acids is 1. The molecule has 0 atom stereocenters. The Labute approximate surface area is 138 Å². The first-order valence-corrected chi connectivity index (χ1v) is 8.67. The van der Waals surface area contributed by atoms with Gasteiger partial charge in [0.25, 0.3) is 5.91 Å². The third kappa shape index (κ3) is 2.62. The quantitative estimate of drug-likeness (QED) is 0.744. The molecule has 8 nitrogen and oxygen atoms in total. The molecule has 0 aliphatic heterocycles. The number of nitrogens with zero attached hydrogens (tertiary/aromatic N) is 2. The molecule has 3 N–H and O–H groups in total. The number of imidazole rings is 1. The minimum atomic E-state index is -3.63. The van der Waals surface area contributed by atoms with E-state index in [1.54, 1.807) is 32.0 Å². The van der Waals surface area contributed by atoms with E-state index in [1.165, 1.54) is 18.6 Å². The molecule has 0 bridgehead atoms. The van der Waals surface area contributed by atoms with Gasteiger partial charge in [0.1, 0.15) is 6.26 Å². The van der Waals surface area contributed by atoms with Crippen molar-refractivity contribution >= 4 is 38.6 Å². The number of nitrogen functional groups attached to an aromatic ring is 1. The molecule has 2 heterocycles. The van der Waals surface area contributed by atoms with E-state index < -0.39 is 15.3 Å². The second-order valence-corrected chi connectivity index (χ2v) is 7.84. The zero-order valence-electron chi connectivity index (χ0n) is 13.1. The Bertz CT molecular complexity index is 1000. The van der Waals surface area contributed by atoms with Crippen LogP contribution < -0.4 is 11.1 Å². The van der Waals surface area contributed by atoms with Gasteiger partial charge in [0.2, 0.25) is 16.0 Å². The van der Waals surface area contributed by atoms with E-state index in [-0.39, 0.29) is 11.9 Å². The molecule has 1 aromatic carbocycles. The zero-order chi connectivity index (χ0) is 17.5. The summed E-state index contributed by atoms with van der Waals surface area (Å²) in [6, 6.07) is 6.25. The molecule has 0 spiro atoms. The highest BCUT2D eigenvalue weighted by atomic mass is 32.2. The Morgan fingerprint density at radius 1 is 1.33 bits per heavy atom. The standard InChI is InChI=1S/C15H16N4O4S/c1-9(2)24(21,22)19-13-4-3-11(7-12(13)18-15(19)16)17-14(20)10-5-6-23-8-10/h3-9H,1-2H3,(H2,16,18)(H,17,20). The minimum Gasteiger partial charge on any atom is -0.472 e. The average Bonchev–Trinajstić information content (AvgIpc) is 3.13. The van der Waals surface area contributed by atoms with E-state index in [2.05, 4.69) is 10.3 Å². The smallest absolute Gasteiger partial charge is 0.258 e. The zero-order valence-corrected chi connectivity index (χ0v) is 13.9. The van der Waals surface area contributed by atoms with Gasteiger partial charge in [-0.3, -0.25) is 4.79 Å². The Kier molecular flexibility index (Phi) is 3.80. The summed E-state index contributed by atoms with van der Waals surface area (Å²) >= 11 is 0. The molecule has 0 saturated heterocycles. The summed E-state index contributed by atoms with van der Waals surface area (Å²) in [4.78, 5) is 16.1. The van der Waals surface area contributed by atoms with Gasteiger partial charge in [0.05, 0.1) is 28.1 Å². The van der Waals surface area contributed by atoms with Crippen molar-refractivity contribution in [3.63, 3.8) is 0 Å². The SMILES string of the molecule is CC(C)S(=O)(=O)n1c(N)nc2cc(NC(=O)c3ccoc3)ccc21. The number of carbonyl (C=O) groups is 1. The summed E-state index contributed by atoms with van der Waals surface area (Å²) < 4.78 is 30.7. The lowest BCUT2D eigenvalue weighted by atomic mass is 10.2. The van der Waals surface area contributed by atoms with Crippen molar-refractivity contribution in [3.05, 3.63) is 42.4 Å². The number of hydrogen-bond donors (Lipinski definition) is 2. The maximum Gasteiger partial charge on any atom is 0.258 e. The van der Waals surface area contributed by atoms with Crippen molar-refractivity contribution in [1.29, 1.82) is 0 Å². The molecule has 3 aromatic rings. The predicted molar refractivity (Wildman–Crippen MR) is 90.3 cm³/mol. The highest BCUT2D eigenvalue weighted by Gasteiger charge is 2.24. The van der Waals surface area contributed by atoms with Gasteiger partial charge in [-0.1, -0.05) is 0 Å². The maximum atomic E-state index is 12.4. The van der Waals surface area contributed by atoms with Gasteiger partial charge in [-0.05, 0) is 38.1 Å². The number of nitrogens with one attached hydrogen (secondary N) is 1. The van der Waals surface area contributed by atoms with Crippen LogP contribution >= 0.6 is 0 Å². The van der Waals surface area contributed by atoms with Crippen molar-refractivity contribution in [2.75, 3.05) is 11.1 Å². The van der Waals surface area contributed by atoms with E-state index in [9.17, 15) is 13.2 Å². The first-order valence-electron chi connectivity index (χ1n) is 7.16. The van der Waals surface area contributed by atoms with Crippen molar-refractivity contribution in [1.82, 2.24) is 8.96 Å². The van der Waals surface area contributed by atoms with E-state index in [4.69, 9.17) is 10.2 Å². The van der Waals surface area contributed by atoms with Crippen molar-refractivity contribution in [2.24, 2.45) is 0 Å². The molecule has 126 valence electrons. The molecule has 1 amide bonds. The van der Waals surface area contributed by atoms with Gasteiger partial charge in [0, 0.05) is 5.69 Å². The monoisotopic (exact) mass is 348 g/mol. The summed E-state index contributed by atoms with van der Waals surface area (Å²) in [5, 5.41) is 2.05. The first-order chi connectivity index (χ1) is 11.3. The number of aromatic nitrogens is 2. The first kappa shape index (κ1) is 16.1. The van der Waals surface area contributed by atoms with Gasteiger partial charge >= 0.3 is 0 Å². The van der Waals surface area contributed by atoms with Gasteiger partial charge in [-0.15, -0.1) is 0 Å². The maximum absolute atomic E-state index is 12.4. The third-order valence-corrected chi connectivity index (χ3v) is 5.61. The van der Waals surface area contributed by atoms with Crippen LogP contribution in [0.25, 0.3) is 11.0 Å². The second kappa shape index (κ2) is 5.68. The highest BCUT2D eigenvalue weighted by molar-refractivity contribution is 7.90. The fourth-order valence-corrected chi connectivity index (χ4v) is 3.38. The molecule has 0 aliphatic rings. The lowest BCUT2D eigenvalue weighted by Crippen LogP contribution is -2.23. The summed E-state index contributed by atoms with van der Waals surface area (Å²) in [5.41, 5.74) is 7.37. The van der Waals surface area contributed by atoms with E-state index in [1.807, 2.05) is 0 Å². The molecule has 0 radical (unpaired) electrons. The Hall–Kier alpha value is -2.81. The second-order valence-electron chi connectivity index (χ2n) is 5.50. The lowest BCUT2D eigenvalue weighted by molar-refractivity contribution is 0.102. The Balaban J connectivity index is 2.01. The van der Waals surface area contributed by atoms with Crippen LogP contribution in [0, 0.1) is 0 Å². The normalized spacial score (nSPS) is 12.0. The molecule has 9 heteroatoms. The molecule has 24 heavy (non-hydrogen) atoms. The highest BCUT2D eigenvalue weighted by Crippen LogP contribution is 2.25. The van der Waals surface area contributed by atoms with Crippen LogP contribution in [0.15, 0.2) is 41.2 Å². The minimum absolute atomic E-state index is 0.114. The predicted octanol–water partition coefficient (Wildman–Crippen LogP) is 2.05. The van der Waals surface area contributed by atoms with Gasteiger partial charge in [-0.2, -0.15) is 0 Å². The molecular weight excluding hydrogens is 332 g/mol. The topological polar surface area (TPSA) is 120 Å². The number of anilines is 2. The average molecular weight is 348 g/mol. The van der Waals surface area contributed by atoms with Gasteiger partial charge in [-0.25, -0.2) is 17.4 Å². The third-order valence-electron chi connectivity index (χ3n) is 3.53.